The summed E-state index contributed by atoms with van der Waals surface area (Å²) in [6.45, 7) is 4.20. The second-order valence-electron chi connectivity index (χ2n) is 4.74. The average molecular weight is 305 g/mol. The van der Waals surface area contributed by atoms with Gasteiger partial charge in [0.05, 0.1) is 6.54 Å². The third kappa shape index (κ3) is 3.34. The Morgan fingerprint density at radius 2 is 1.95 bits per heavy atom. The quantitative estimate of drug-likeness (QED) is 0.900. The van der Waals surface area contributed by atoms with Crippen LogP contribution in [0.25, 0.3) is 0 Å². The third-order valence-corrected chi connectivity index (χ3v) is 4.17. The van der Waals surface area contributed by atoms with E-state index in [1.807, 2.05) is 6.07 Å². The van der Waals surface area contributed by atoms with Crippen LogP contribution in [-0.2, 0) is 6.54 Å². The van der Waals surface area contributed by atoms with Crippen molar-refractivity contribution in [1.82, 2.24) is 19.9 Å². The van der Waals surface area contributed by atoms with Crippen LogP contribution in [0.3, 0.4) is 0 Å². The minimum Gasteiger partial charge on any atom is -0.476 e. The maximum Gasteiger partial charge on any atom is 0.355 e. The van der Waals surface area contributed by atoms with E-state index in [0.29, 0.717) is 6.54 Å². The summed E-state index contributed by atoms with van der Waals surface area (Å²) in [7, 11) is 0. The molecule has 2 aromatic rings. The molecule has 21 heavy (non-hydrogen) atoms. The van der Waals surface area contributed by atoms with Gasteiger partial charge in [0.15, 0.2) is 5.69 Å². The molecule has 1 aliphatic rings. The highest BCUT2D eigenvalue weighted by atomic mass is 32.1. The smallest absolute Gasteiger partial charge is 0.355 e. The van der Waals surface area contributed by atoms with Gasteiger partial charge < -0.3 is 10.0 Å². The molecule has 1 saturated heterocycles. The molecular weight excluding hydrogens is 290 g/mol. The molecule has 0 saturated carbocycles. The van der Waals surface area contributed by atoms with E-state index in [1.165, 1.54) is 11.3 Å². The number of aromatic nitrogens is 3. The Morgan fingerprint density at radius 3 is 2.57 bits per heavy atom. The minimum absolute atomic E-state index is 0.131. The highest BCUT2D eigenvalue weighted by Crippen LogP contribution is 2.15. The second kappa shape index (κ2) is 6.15. The molecule has 2 aromatic heterocycles. The summed E-state index contributed by atoms with van der Waals surface area (Å²) in [6, 6.07) is 1.81. The fraction of sp³-hybridized carbons (Fsp3) is 0.385. The van der Waals surface area contributed by atoms with E-state index in [9.17, 15) is 4.79 Å². The highest BCUT2D eigenvalue weighted by Gasteiger charge is 2.20. The molecule has 1 aliphatic heterocycles. The summed E-state index contributed by atoms with van der Waals surface area (Å²) in [6.07, 6.45) is 3.50. The number of carbonyl (C=O) groups is 1. The number of anilines is 1. The summed E-state index contributed by atoms with van der Waals surface area (Å²) in [4.78, 5) is 27.9. The van der Waals surface area contributed by atoms with Gasteiger partial charge in [0.1, 0.15) is 5.01 Å². The van der Waals surface area contributed by atoms with Crippen LogP contribution < -0.4 is 4.90 Å². The van der Waals surface area contributed by atoms with Crippen LogP contribution in [0.1, 0.15) is 15.5 Å². The molecule has 7 nitrogen and oxygen atoms in total. The summed E-state index contributed by atoms with van der Waals surface area (Å²) >= 11 is 1.40. The number of hydrogen-bond donors (Lipinski definition) is 1. The number of rotatable bonds is 4. The van der Waals surface area contributed by atoms with Gasteiger partial charge in [-0.2, -0.15) is 0 Å². The van der Waals surface area contributed by atoms with E-state index in [2.05, 4.69) is 24.8 Å². The summed E-state index contributed by atoms with van der Waals surface area (Å²) < 4.78 is 0. The molecule has 8 heteroatoms. The predicted octanol–water partition coefficient (Wildman–Crippen LogP) is 0.954. The normalized spacial score (nSPS) is 16.1. The van der Waals surface area contributed by atoms with Gasteiger partial charge in [0.2, 0.25) is 5.95 Å². The Balaban J connectivity index is 1.55. The van der Waals surface area contributed by atoms with Gasteiger partial charge in [0, 0.05) is 44.0 Å². The lowest BCUT2D eigenvalue weighted by Crippen LogP contribution is -2.46. The van der Waals surface area contributed by atoms with Crippen LogP contribution in [0.5, 0.6) is 0 Å². The first kappa shape index (κ1) is 13.9. The molecule has 0 radical (unpaired) electrons. The van der Waals surface area contributed by atoms with Gasteiger partial charge in [-0.15, -0.1) is 11.3 Å². The summed E-state index contributed by atoms with van der Waals surface area (Å²) in [5.41, 5.74) is 0.131. The second-order valence-corrected chi connectivity index (χ2v) is 5.69. The van der Waals surface area contributed by atoms with Gasteiger partial charge in [-0.3, -0.25) is 4.90 Å². The Labute approximate surface area is 125 Å². The van der Waals surface area contributed by atoms with Crippen molar-refractivity contribution in [2.24, 2.45) is 0 Å². The molecule has 3 rings (SSSR count). The molecule has 0 bridgehead atoms. The lowest BCUT2D eigenvalue weighted by atomic mass is 10.3. The van der Waals surface area contributed by atoms with Crippen LogP contribution in [0.4, 0.5) is 5.95 Å². The van der Waals surface area contributed by atoms with Gasteiger partial charge in [-0.05, 0) is 6.07 Å². The number of aromatic carboxylic acids is 1. The molecule has 0 amide bonds. The van der Waals surface area contributed by atoms with Crippen molar-refractivity contribution >= 4 is 23.3 Å². The molecular formula is C13H15N5O2S. The Kier molecular flexibility index (Phi) is 4.07. The van der Waals surface area contributed by atoms with Crippen LogP contribution in [-0.4, -0.2) is 57.1 Å². The Morgan fingerprint density at radius 1 is 1.24 bits per heavy atom. The molecule has 0 spiro atoms. The maximum atomic E-state index is 10.8. The van der Waals surface area contributed by atoms with Crippen molar-refractivity contribution in [1.29, 1.82) is 0 Å². The lowest BCUT2D eigenvalue weighted by Gasteiger charge is -2.34. The van der Waals surface area contributed by atoms with E-state index in [1.54, 1.807) is 17.8 Å². The molecule has 0 aromatic carbocycles. The number of carboxylic acids is 1. The Bertz CT molecular complexity index is 610. The number of piperazine rings is 1. The van der Waals surface area contributed by atoms with Crippen LogP contribution >= 0.6 is 11.3 Å². The first-order chi connectivity index (χ1) is 10.2. The monoisotopic (exact) mass is 305 g/mol. The molecule has 0 aliphatic carbocycles. The number of carboxylic acid groups (broad SMARTS) is 1. The first-order valence-electron chi connectivity index (χ1n) is 6.64. The zero-order valence-corrected chi connectivity index (χ0v) is 12.2. The van der Waals surface area contributed by atoms with Crippen molar-refractivity contribution < 1.29 is 9.90 Å². The fourth-order valence-electron chi connectivity index (χ4n) is 2.23. The first-order valence-corrected chi connectivity index (χ1v) is 7.52. The highest BCUT2D eigenvalue weighted by molar-refractivity contribution is 7.09. The topological polar surface area (TPSA) is 82.5 Å². The van der Waals surface area contributed by atoms with Crippen molar-refractivity contribution in [3.8, 4) is 0 Å². The van der Waals surface area contributed by atoms with Gasteiger partial charge in [-0.25, -0.2) is 19.7 Å². The Hall–Kier alpha value is -2.06. The van der Waals surface area contributed by atoms with Crippen LogP contribution in [0.15, 0.2) is 23.8 Å². The zero-order chi connectivity index (χ0) is 14.7. The molecule has 1 N–H and O–H groups in total. The molecule has 3 heterocycles. The number of hydrogen-bond acceptors (Lipinski definition) is 7. The number of thiazole rings is 1. The van der Waals surface area contributed by atoms with E-state index in [0.717, 1.165) is 37.1 Å². The third-order valence-electron chi connectivity index (χ3n) is 3.34. The largest absolute Gasteiger partial charge is 0.476 e. The predicted molar refractivity (Wildman–Crippen MR) is 78.6 cm³/mol. The van der Waals surface area contributed by atoms with Crippen LogP contribution in [0, 0.1) is 0 Å². The van der Waals surface area contributed by atoms with Gasteiger partial charge in [0.25, 0.3) is 0 Å². The minimum atomic E-state index is -0.969. The van der Waals surface area contributed by atoms with E-state index >= 15 is 0 Å². The van der Waals surface area contributed by atoms with E-state index < -0.39 is 5.97 Å². The van der Waals surface area contributed by atoms with Crippen LogP contribution in [0.2, 0.25) is 0 Å². The zero-order valence-electron chi connectivity index (χ0n) is 11.3. The van der Waals surface area contributed by atoms with Crippen molar-refractivity contribution in [2.45, 2.75) is 6.54 Å². The van der Waals surface area contributed by atoms with E-state index in [-0.39, 0.29) is 5.69 Å². The molecule has 0 atom stereocenters. The van der Waals surface area contributed by atoms with Gasteiger partial charge in [-0.1, -0.05) is 0 Å². The standard InChI is InChI=1S/C13H15N5O2S/c19-12(20)10-9-21-11(16-10)8-17-4-6-18(7-5-17)13-14-2-1-3-15-13/h1-3,9H,4-8H2,(H,19,20). The van der Waals surface area contributed by atoms with Crippen molar-refractivity contribution in [3.63, 3.8) is 0 Å². The van der Waals surface area contributed by atoms with Crippen molar-refractivity contribution in [2.75, 3.05) is 31.1 Å². The van der Waals surface area contributed by atoms with E-state index in [4.69, 9.17) is 5.11 Å². The van der Waals surface area contributed by atoms with Gasteiger partial charge >= 0.3 is 5.97 Å². The molecule has 110 valence electrons. The molecule has 0 unspecified atom stereocenters. The summed E-state index contributed by atoms with van der Waals surface area (Å²) in [5.74, 6) is -0.205. The lowest BCUT2D eigenvalue weighted by molar-refractivity contribution is 0.0691. The average Bonchev–Trinajstić information content (AvgIpc) is 2.98. The summed E-state index contributed by atoms with van der Waals surface area (Å²) in [5, 5.41) is 11.3. The molecule has 1 fully saturated rings. The van der Waals surface area contributed by atoms with Crippen molar-refractivity contribution in [3.05, 3.63) is 34.5 Å². The number of nitrogens with zero attached hydrogens (tertiary/aromatic N) is 5. The fourth-order valence-corrected chi connectivity index (χ4v) is 3.04. The maximum absolute atomic E-state index is 10.8. The SMILES string of the molecule is O=C(O)c1csc(CN2CCN(c3ncccn3)CC2)n1.